The van der Waals surface area contributed by atoms with Gasteiger partial charge in [0.15, 0.2) is 5.96 Å². The molecule has 0 heterocycles. The Hall–Kier alpha value is -2.04. The van der Waals surface area contributed by atoms with E-state index in [0.29, 0.717) is 6.42 Å². The largest absolute Gasteiger partial charge is 0.469 e. The minimum Gasteiger partial charge on any atom is -0.469 e. The number of benzene rings is 1. The Bertz CT molecular complexity index is 513. The van der Waals surface area contributed by atoms with Gasteiger partial charge in [0.2, 0.25) is 0 Å². The van der Waals surface area contributed by atoms with E-state index in [1.165, 1.54) is 23.8 Å². The zero-order chi connectivity index (χ0) is 16.4. The summed E-state index contributed by atoms with van der Waals surface area (Å²) in [6.45, 7) is 5.74. The van der Waals surface area contributed by atoms with Crippen LogP contribution in [-0.2, 0) is 16.1 Å². The van der Waals surface area contributed by atoms with Crippen LogP contribution in [0.3, 0.4) is 0 Å². The van der Waals surface area contributed by atoms with Crippen LogP contribution in [0.4, 0.5) is 0 Å². The molecule has 1 aromatic rings. The molecule has 0 aliphatic carbocycles. The maximum atomic E-state index is 11.0. The molecule has 0 saturated carbocycles. The molecule has 0 amide bonds. The topological polar surface area (TPSA) is 62.7 Å². The number of nitrogens with one attached hydrogen (secondary N) is 2. The molecule has 1 aromatic carbocycles. The van der Waals surface area contributed by atoms with Crippen molar-refractivity contribution in [1.29, 1.82) is 0 Å². The molecular weight excluding hydrogens is 278 g/mol. The highest BCUT2D eigenvalue weighted by molar-refractivity contribution is 5.79. The summed E-state index contributed by atoms with van der Waals surface area (Å²) in [6.07, 6.45) is 2.18. The van der Waals surface area contributed by atoms with Crippen LogP contribution in [0.2, 0.25) is 0 Å². The molecule has 0 spiro atoms. The maximum absolute atomic E-state index is 11.0. The Labute approximate surface area is 133 Å². The summed E-state index contributed by atoms with van der Waals surface area (Å²) in [5, 5.41) is 6.55. The van der Waals surface area contributed by atoms with Crippen molar-refractivity contribution in [2.45, 2.75) is 39.7 Å². The number of carbonyl (C=O) groups is 1. The van der Waals surface area contributed by atoms with Gasteiger partial charge in [-0.15, -0.1) is 0 Å². The first-order valence-corrected chi connectivity index (χ1v) is 7.64. The lowest BCUT2D eigenvalue weighted by atomic mass is 10.1. The van der Waals surface area contributed by atoms with E-state index >= 15 is 0 Å². The van der Waals surface area contributed by atoms with Crippen LogP contribution in [0.1, 0.15) is 36.0 Å². The van der Waals surface area contributed by atoms with Crippen molar-refractivity contribution in [2.75, 3.05) is 20.7 Å². The number of ether oxygens (including phenoxy) is 1. The van der Waals surface area contributed by atoms with E-state index in [2.05, 4.69) is 52.4 Å². The number of aliphatic imine (C=N–C) groups is 1. The van der Waals surface area contributed by atoms with E-state index in [1.807, 2.05) is 0 Å². The molecule has 5 nitrogen and oxygen atoms in total. The van der Waals surface area contributed by atoms with Gasteiger partial charge in [-0.05, 0) is 37.8 Å². The van der Waals surface area contributed by atoms with Crippen LogP contribution in [0, 0.1) is 13.8 Å². The number of hydrogen-bond acceptors (Lipinski definition) is 3. The van der Waals surface area contributed by atoms with Crippen molar-refractivity contribution in [2.24, 2.45) is 4.99 Å². The summed E-state index contributed by atoms with van der Waals surface area (Å²) in [7, 11) is 3.17. The molecule has 0 bridgehead atoms. The van der Waals surface area contributed by atoms with Crippen molar-refractivity contribution in [3.63, 3.8) is 0 Å². The zero-order valence-corrected chi connectivity index (χ0v) is 14.0. The first-order valence-electron chi connectivity index (χ1n) is 7.64. The standard InChI is InChI=1S/C17H27N3O2/c1-13-8-9-15(14(2)11-13)12-20-17(18-3)19-10-6-5-7-16(21)22-4/h8-9,11H,5-7,10,12H2,1-4H3,(H2,18,19,20). The fourth-order valence-corrected chi connectivity index (χ4v) is 2.15. The first-order chi connectivity index (χ1) is 10.6. The Morgan fingerprint density at radius 3 is 2.64 bits per heavy atom. The van der Waals surface area contributed by atoms with Crippen LogP contribution < -0.4 is 10.6 Å². The number of carbonyl (C=O) groups excluding carboxylic acids is 1. The predicted molar refractivity (Wildman–Crippen MR) is 90.0 cm³/mol. The smallest absolute Gasteiger partial charge is 0.305 e. The lowest BCUT2D eigenvalue weighted by Crippen LogP contribution is -2.37. The summed E-state index contributed by atoms with van der Waals surface area (Å²) in [5.74, 6) is 0.621. The second-order valence-electron chi connectivity index (χ2n) is 5.32. The van der Waals surface area contributed by atoms with Crippen LogP contribution in [0.5, 0.6) is 0 Å². The number of hydrogen-bond donors (Lipinski definition) is 2. The average molecular weight is 305 g/mol. The second-order valence-corrected chi connectivity index (χ2v) is 5.32. The lowest BCUT2D eigenvalue weighted by molar-refractivity contribution is -0.140. The summed E-state index contributed by atoms with van der Waals surface area (Å²) in [4.78, 5) is 15.2. The minimum atomic E-state index is -0.155. The van der Waals surface area contributed by atoms with Gasteiger partial charge >= 0.3 is 5.97 Å². The van der Waals surface area contributed by atoms with Crippen LogP contribution in [-0.4, -0.2) is 32.6 Å². The third-order valence-corrected chi connectivity index (χ3v) is 3.50. The molecular formula is C17H27N3O2. The molecule has 2 N–H and O–H groups in total. The zero-order valence-electron chi connectivity index (χ0n) is 14.0. The summed E-state index contributed by atoms with van der Waals surface area (Å²) < 4.78 is 4.61. The number of nitrogens with zero attached hydrogens (tertiary/aromatic N) is 1. The van der Waals surface area contributed by atoms with Crippen molar-refractivity contribution < 1.29 is 9.53 Å². The van der Waals surface area contributed by atoms with Crippen molar-refractivity contribution in [3.05, 3.63) is 34.9 Å². The first kappa shape index (κ1) is 18.0. The molecule has 0 aromatic heterocycles. The molecule has 0 radical (unpaired) electrons. The van der Waals surface area contributed by atoms with Crippen LogP contribution >= 0.6 is 0 Å². The SMILES string of the molecule is CN=C(NCCCCC(=O)OC)NCc1ccc(C)cc1C. The van der Waals surface area contributed by atoms with Crippen molar-refractivity contribution >= 4 is 11.9 Å². The molecule has 0 fully saturated rings. The number of rotatable bonds is 7. The van der Waals surface area contributed by atoms with Gasteiger partial charge in [-0.3, -0.25) is 9.79 Å². The van der Waals surface area contributed by atoms with Gasteiger partial charge in [0.25, 0.3) is 0 Å². The molecule has 0 unspecified atom stereocenters. The number of esters is 1. The van der Waals surface area contributed by atoms with Crippen LogP contribution in [0.25, 0.3) is 0 Å². The molecule has 22 heavy (non-hydrogen) atoms. The Kier molecular flexibility index (Phi) is 8.04. The summed E-state index contributed by atoms with van der Waals surface area (Å²) >= 11 is 0. The van der Waals surface area contributed by atoms with Gasteiger partial charge in [0.1, 0.15) is 0 Å². The quantitative estimate of drug-likeness (QED) is 0.351. The van der Waals surface area contributed by atoms with E-state index in [-0.39, 0.29) is 5.97 Å². The molecule has 0 atom stereocenters. The highest BCUT2D eigenvalue weighted by Gasteiger charge is 2.02. The van der Waals surface area contributed by atoms with Crippen molar-refractivity contribution in [1.82, 2.24) is 10.6 Å². The van der Waals surface area contributed by atoms with Crippen molar-refractivity contribution in [3.8, 4) is 0 Å². The number of unbranched alkanes of at least 4 members (excludes halogenated alkanes) is 1. The maximum Gasteiger partial charge on any atom is 0.305 e. The molecule has 0 aliphatic rings. The van der Waals surface area contributed by atoms with Gasteiger partial charge in [-0.2, -0.15) is 0 Å². The van der Waals surface area contributed by atoms with Crippen LogP contribution in [0.15, 0.2) is 23.2 Å². The molecule has 0 saturated heterocycles. The second kappa shape index (κ2) is 9.82. The number of guanidine groups is 1. The van der Waals surface area contributed by atoms with E-state index in [0.717, 1.165) is 31.9 Å². The normalized spacial score (nSPS) is 11.2. The average Bonchev–Trinajstić information content (AvgIpc) is 2.51. The lowest BCUT2D eigenvalue weighted by Gasteiger charge is -2.13. The molecule has 5 heteroatoms. The highest BCUT2D eigenvalue weighted by Crippen LogP contribution is 2.09. The van der Waals surface area contributed by atoms with Gasteiger partial charge in [-0.25, -0.2) is 0 Å². The molecule has 1 rings (SSSR count). The van der Waals surface area contributed by atoms with E-state index in [9.17, 15) is 4.79 Å². The number of methoxy groups -OCH3 is 1. The predicted octanol–water partition coefficient (Wildman–Crippen LogP) is 2.31. The number of aryl methyl sites for hydroxylation is 2. The van der Waals surface area contributed by atoms with E-state index < -0.39 is 0 Å². The fourth-order valence-electron chi connectivity index (χ4n) is 2.15. The Balaban J connectivity index is 2.29. The Morgan fingerprint density at radius 1 is 1.23 bits per heavy atom. The molecule has 0 aliphatic heterocycles. The third-order valence-electron chi connectivity index (χ3n) is 3.50. The van der Waals surface area contributed by atoms with Gasteiger partial charge in [0, 0.05) is 26.6 Å². The van der Waals surface area contributed by atoms with Gasteiger partial charge < -0.3 is 15.4 Å². The fraction of sp³-hybridized carbons (Fsp3) is 0.529. The Morgan fingerprint density at radius 2 is 2.00 bits per heavy atom. The summed E-state index contributed by atoms with van der Waals surface area (Å²) in [6, 6.07) is 6.44. The summed E-state index contributed by atoms with van der Waals surface area (Å²) in [5.41, 5.74) is 3.81. The monoisotopic (exact) mass is 305 g/mol. The van der Waals surface area contributed by atoms with E-state index in [4.69, 9.17) is 0 Å². The molecule has 122 valence electrons. The van der Waals surface area contributed by atoms with Gasteiger partial charge in [-0.1, -0.05) is 23.8 Å². The highest BCUT2D eigenvalue weighted by atomic mass is 16.5. The minimum absolute atomic E-state index is 0.155. The van der Waals surface area contributed by atoms with Gasteiger partial charge in [0.05, 0.1) is 7.11 Å². The van der Waals surface area contributed by atoms with E-state index in [1.54, 1.807) is 7.05 Å². The third kappa shape index (κ3) is 6.61.